The average Bonchev–Trinajstić information content (AvgIpc) is 3.96. The number of hydrogen-bond acceptors (Lipinski definition) is 14. The zero-order valence-electron chi connectivity index (χ0n) is 33.9. The number of ether oxygens (including phenoxy) is 2. The molecule has 61 heavy (non-hydrogen) atoms. The number of ketones is 2. The second kappa shape index (κ2) is 17.0. The van der Waals surface area contributed by atoms with Crippen LogP contribution >= 0.6 is 45.9 Å². The lowest BCUT2D eigenvalue weighted by Crippen LogP contribution is -2.12. The molecule has 14 nitrogen and oxygen atoms in total. The number of esters is 2. The van der Waals surface area contributed by atoms with Crippen molar-refractivity contribution in [3.63, 3.8) is 0 Å². The Labute approximate surface area is 368 Å². The van der Waals surface area contributed by atoms with Gasteiger partial charge in [0.1, 0.15) is 33.7 Å². The van der Waals surface area contributed by atoms with Crippen LogP contribution in [-0.4, -0.2) is 78.7 Å². The van der Waals surface area contributed by atoms with E-state index in [-0.39, 0.29) is 37.2 Å². The smallest absolute Gasteiger partial charge is 0.308 e. The molecule has 8 rings (SSSR count). The van der Waals surface area contributed by atoms with Gasteiger partial charge in [0.05, 0.1) is 48.2 Å². The Hall–Kier alpha value is -5.68. The van der Waals surface area contributed by atoms with Gasteiger partial charge in [-0.05, 0) is 69.5 Å². The van der Waals surface area contributed by atoms with Crippen LogP contribution in [0.2, 0.25) is 10.0 Å². The third-order valence-electron chi connectivity index (χ3n) is 10.7. The maximum Gasteiger partial charge on any atom is 0.308 e. The van der Waals surface area contributed by atoms with E-state index in [1.54, 1.807) is 24.3 Å². The van der Waals surface area contributed by atoms with Crippen molar-refractivity contribution >= 4 is 80.8 Å². The van der Waals surface area contributed by atoms with E-state index in [1.165, 1.54) is 36.9 Å². The van der Waals surface area contributed by atoms with E-state index in [1.807, 2.05) is 61.1 Å². The first-order valence-corrected chi connectivity index (χ1v) is 21.7. The molecule has 2 aliphatic heterocycles. The molecule has 2 aliphatic rings. The van der Waals surface area contributed by atoms with E-state index < -0.39 is 24.0 Å². The van der Waals surface area contributed by atoms with Gasteiger partial charge in [-0.25, -0.2) is 0 Å². The molecule has 4 aromatic heterocycles. The third-order valence-corrected chi connectivity index (χ3v) is 13.9. The summed E-state index contributed by atoms with van der Waals surface area (Å²) in [5, 5.41) is 20.0. The fraction of sp³-hybridized carbons (Fsp3) is 0.302. The Morgan fingerprint density at radius 3 is 1.34 bits per heavy atom. The molecule has 6 heterocycles. The highest BCUT2D eigenvalue weighted by atomic mass is 35.5. The maximum atomic E-state index is 14.2. The summed E-state index contributed by atoms with van der Waals surface area (Å²) in [5.41, 5.74) is 5.59. The highest BCUT2D eigenvalue weighted by Gasteiger charge is 2.36. The van der Waals surface area contributed by atoms with Gasteiger partial charge in [-0.15, -0.1) is 43.1 Å². The molecule has 0 amide bonds. The standard InChI is InChI=1S/C43H38Cl2N8O6S2/c1-20-34-36(24-10-14-26(44)15-11-24)46-28(18-32(56)58-5)40-50-48-22(3)52(40)42(34)60-38(20)30(54)8-7-9-31(55)39-21(2)35-37(25-12-16-27(45)17-13-25)47-29(19-33(57)59-6)41-51-49-23(4)53(41)43(35)61-39/h10-17,28-29H,7-9,18-19H2,1-6H3/t28-,29-/m0/s1. The molecule has 2 atom stereocenters. The summed E-state index contributed by atoms with van der Waals surface area (Å²) in [7, 11) is 2.65. The average molecular weight is 898 g/mol. The second-order valence-electron chi connectivity index (χ2n) is 14.6. The number of nitrogens with zero attached hydrogens (tertiary/aromatic N) is 8. The van der Waals surface area contributed by atoms with Gasteiger partial charge in [0.15, 0.2) is 23.2 Å². The van der Waals surface area contributed by atoms with Crippen LogP contribution in [0.5, 0.6) is 0 Å². The monoisotopic (exact) mass is 896 g/mol. The number of methoxy groups -OCH3 is 2. The summed E-state index contributed by atoms with van der Waals surface area (Å²) in [6.07, 6.45) is 0.413. The molecule has 312 valence electrons. The summed E-state index contributed by atoms with van der Waals surface area (Å²) >= 11 is 15.2. The molecule has 0 saturated heterocycles. The molecule has 0 N–H and O–H groups in total. The first-order valence-electron chi connectivity index (χ1n) is 19.3. The highest BCUT2D eigenvalue weighted by molar-refractivity contribution is 7.17. The van der Waals surface area contributed by atoms with Gasteiger partial charge in [-0.2, -0.15) is 0 Å². The number of aryl methyl sites for hydroxylation is 2. The number of carbonyl (C=O) groups excluding carboxylic acids is 4. The molecule has 18 heteroatoms. The van der Waals surface area contributed by atoms with E-state index in [9.17, 15) is 19.2 Å². The lowest BCUT2D eigenvalue weighted by atomic mass is 9.97. The summed E-state index contributed by atoms with van der Waals surface area (Å²) in [6.45, 7) is 7.40. The zero-order valence-corrected chi connectivity index (χ0v) is 37.1. The van der Waals surface area contributed by atoms with Crippen molar-refractivity contribution in [1.82, 2.24) is 29.5 Å². The van der Waals surface area contributed by atoms with Gasteiger partial charge in [-0.3, -0.25) is 38.3 Å². The Morgan fingerprint density at radius 1 is 0.607 bits per heavy atom. The van der Waals surface area contributed by atoms with Crippen molar-refractivity contribution in [2.24, 2.45) is 9.98 Å². The first-order chi connectivity index (χ1) is 29.3. The minimum absolute atomic E-state index is 0.0582. The number of benzene rings is 2. The molecule has 0 saturated carbocycles. The van der Waals surface area contributed by atoms with Crippen LogP contribution in [0.4, 0.5) is 0 Å². The Morgan fingerprint density at radius 2 is 0.984 bits per heavy atom. The Kier molecular flexibility index (Phi) is 11.7. The van der Waals surface area contributed by atoms with Gasteiger partial charge in [-0.1, -0.05) is 47.5 Å². The van der Waals surface area contributed by atoms with Crippen LogP contribution in [0.1, 0.15) is 120 Å². The fourth-order valence-corrected chi connectivity index (χ4v) is 10.6. The van der Waals surface area contributed by atoms with Gasteiger partial charge >= 0.3 is 11.9 Å². The summed E-state index contributed by atoms with van der Waals surface area (Å²) in [6, 6.07) is 13.1. The van der Waals surface area contributed by atoms with E-state index in [0.717, 1.165) is 33.4 Å². The van der Waals surface area contributed by atoms with Gasteiger partial charge in [0.2, 0.25) is 0 Å². The van der Waals surface area contributed by atoms with Crippen LogP contribution < -0.4 is 0 Å². The number of aliphatic imine (C=N–C) groups is 2. The summed E-state index contributed by atoms with van der Waals surface area (Å²) in [5.74, 6) is 0.938. The van der Waals surface area contributed by atoms with Gasteiger partial charge in [0, 0.05) is 45.1 Å². The number of Topliss-reactive ketones (excluding diaryl/α,β-unsaturated/α-hetero) is 2. The number of rotatable bonds is 12. The van der Waals surface area contributed by atoms with Crippen LogP contribution in [0.25, 0.3) is 10.0 Å². The van der Waals surface area contributed by atoms with Crippen LogP contribution in [0.15, 0.2) is 58.5 Å². The lowest BCUT2D eigenvalue weighted by Gasteiger charge is -2.12. The normalized spacial score (nSPS) is 15.3. The SMILES string of the molecule is COC(=O)C[C@@H]1N=C(c2ccc(Cl)cc2)c2c(sc(C(=O)CCCC(=O)c3sc4c(c3C)C(c3ccc(Cl)cc3)=N[C@@H](CC(=O)OC)c3nnc(C)n3-4)c2C)-n2c(C)nnc21. The number of fused-ring (bicyclic) bond motifs is 6. The number of thiophene rings is 2. The Bertz CT molecular complexity index is 2630. The van der Waals surface area contributed by atoms with Crippen molar-refractivity contribution in [1.29, 1.82) is 0 Å². The van der Waals surface area contributed by atoms with Crippen molar-refractivity contribution in [2.75, 3.05) is 14.2 Å². The summed E-state index contributed by atoms with van der Waals surface area (Å²) < 4.78 is 13.7. The molecule has 0 unspecified atom stereocenters. The molecular weight excluding hydrogens is 860 g/mol. The predicted octanol–water partition coefficient (Wildman–Crippen LogP) is 8.66. The van der Waals surface area contributed by atoms with Crippen LogP contribution in [0.3, 0.4) is 0 Å². The van der Waals surface area contributed by atoms with E-state index in [0.29, 0.717) is 70.9 Å². The van der Waals surface area contributed by atoms with Crippen molar-refractivity contribution in [2.45, 2.75) is 71.9 Å². The van der Waals surface area contributed by atoms with Crippen LogP contribution in [-0.2, 0) is 19.1 Å². The van der Waals surface area contributed by atoms with E-state index in [4.69, 9.17) is 42.7 Å². The van der Waals surface area contributed by atoms with Gasteiger partial charge in [0.25, 0.3) is 0 Å². The number of carbonyl (C=O) groups is 4. The molecule has 0 aliphatic carbocycles. The largest absolute Gasteiger partial charge is 0.469 e. The number of aromatic nitrogens is 6. The predicted molar refractivity (Wildman–Crippen MR) is 233 cm³/mol. The third kappa shape index (κ3) is 7.77. The minimum atomic E-state index is -0.699. The van der Waals surface area contributed by atoms with E-state index in [2.05, 4.69) is 20.4 Å². The molecule has 0 spiro atoms. The molecule has 0 fully saturated rings. The molecule has 2 aromatic carbocycles. The number of hydrogen-bond donors (Lipinski definition) is 0. The van der Waals surface area contributed by atoms with Crippen molar-refractivity contribution < 1.29 is 28.7 Å². The highest BCUT2D eigenvalue weighted by Crippen LogP contribution is 2.43. The second-order valence-corrected chi connectivity index (χ2v) is 17.5. The minimum Gasteiger partial charge on any atom is -0.469 e. The van der Waals surface area contributed by atoms with Gasteiger partial charge < -0.3 is 9.47 Å². The van der Waals surface area contributed by atoms with Crippen molar-refractivity contribution in [3.8, 4) is 10.0 Å². The maximum absolute atomic E-state index is 14.2. The number of halogens is 2. The van der Waals surface area contributed by atoms with E-state index >= 15 is 0 Å². The molecule has 6 aromatic rings. The topological polar surface area (TPSA) is 173 Å². The molecule has 0 radical (unpaired) electrons. The molecule has 0 bridgehead atoms. The Balaban J connectivity index is 1.10. The zero-order chi connectivity index (χ0) is 43.3. The fourth-order valence-electron chi connectivity index (χ4n) is 7.69. The quantitative estimate of drug-likeness (QED) is 0.0855. The first kappa shape index (κ1) is 42.0. The lowest BCUT2D eigenvalue weighted by molar-refractivity contribution is -0.142. The van der Waals surface area contributed by atoms with Crippen LogP contribution in [0, 0.1) is 27.7 Å². The van der Waals surface area contributed by atoms with Crippen molar-refractivity contribution in [3.05, 3.63) is 125 Å². The summed E-state index contributed by atoms with van der Waals surface area (Å²) in [4.78, 5) is 64.7. The molecular formula is C43H38Cl2N8O6S2.